The Morgan fingerprint density at radius 3 is 2.94 bits per heavy atom. The topological polar surface area (TPSA) is 29.5 Å². The molecule has 1 aromatic carbocycles. The van der Waals surface area contributed by atoms with Gasteiger partial charge in [0.25, 0.3) is 0 Å². The standard InChI is InChI=1S/C16H22O2/c1-18-16-4-2-3-12-9-14-11(7-8-17)5-6-13(14)10-15(12)16/h2-4,11,13-14,17H,5-10H2,1H3. The number of fused-ring (bicyclic) bond motifs is 2. The molecule has 0 saturated heterocycles. The summed E-state index contributed by atoms with van der Waals surface area (Å²) in [6.07, 6.45) is 5.97. The number of methoxy groups -OCH3 is 1. The summed E-state index contributed by atoms with van der Waals surface area (Å²) in [4.78, 5) is 0. The smallest absolute Gasteiger partial charge is 0.122 e. The van der Waals surface area contributed by atoms with Crippen molar-refractivity contribution >= 4 is 0 Å². The van der Waals surface area contributed by atoms with Crippen LogP contribution in [0.5, 0.6) is 5.75 Å². The molecule has 0 spiro atoms. The van der Waals surface area contributed by atoms with Gasteiger partial charge in [0.1, 0.15) is 5.75 Å². The van der Waals surface area contributed by atoms with E-state index in [1.165, 1.54) is 36.8 Å². The summed E-state index contributed by atoms with van der Waals surface area (Å²) < 4.78 is 5.50. The summed E-state index contributed by atoms with van der Waals surface area (Å²) in [5, 5.41) is 9.17. The van der Waals surface area contributed by atoms with Crippen LogP contribution < -0.4 is 4.74 Å². The quantitative estimate of drug-likeness (QED) is 0.888. The van der Waals surface area contributed by atoms with Gasteiger partial charge >= 0.3 is 0 Å². The van der Waals surface area contributed by atoms with Crippen LogP contribution in [0.4, 0.5) is 0 Å². The van der Waals surface area contributed by atoms with Gasteiger partial charge < -0.3 is 9.84 Å². The molecule has 2 aliphatic carbocycles. The van der Waals surface area contributed by atoms with Crippen LogP contribution in [0, 0.1) is 17.8 Å². The highest BCUT2D eigenvalue weighted by Crippen LogP contribution is 2.47. The Labute approximate surface area is 109 Å². The SMILES string of the molecule is COc1cccc2c1CC1CCC(CCO)C1C2. The van der Waals surface area contributed by atoms with Gasteiger partial charge in [-0.1, -0.05) is 12.1 Å². The molecule has 1 N–H and O–H groups in total. The van der Waals surface area contributed by atoms with E-state index in [-0.39, 0.29) is 0 Å². The van der Waals surface area contributed by atoms with Gasteiger partial charge in [-0.05, 0) is 67.1 Å². The molecule has 2 heteroatoms. The molecule has 1 aromatic rings. The molecule has 98 valence electrons. The molecular weight excluding hydrogens is 224 g/mol. The molecule has 0 heterocycles. The zero-order valence-corrected chi connectivity index (χ0v) is 11.1. The lowest BCUT2D eigenvalue weighted by Gasteiger charge is -2.32. The first-order chi connectivity index (χ1) is 8.83. The first-order valence-corrected chi connectivity index (χ1v) is 7.09. The summed E-state index contributed by atoms with van der Waals surface area (Å²) in [7, 11) is 1.77. The molecule has 18 heavy (non-hydrogen) atoms. The number of ether oxygens (including phenoxy) is 1. The molecule has 3 unspecified atom stereocenters. The number of rotatable bonds is 3. The summed E-state index contributed by atoms with van der Waals surface area (Å²) in [5.74, 6) is 3.40. The van der Waals surface area contributed by atoms with Crippen LogP contribution in [0.15, 0.2) is 18.2 Å². The number of hydrogen-bond donors (Lipinski definition) is 1. The van der Waals surface area contributed by atoms with Crippen LogP contribution in [0.25, 0.3) is 0 Å². The number of hydrogen-bond acceptors (Lipinski definition) is 2. The molecule has 3 atom stereocenters. The van der Waals surface area contributed by atoms with Gasteiger partial charge in [-0.15, -0.1) is 0 Å². The minimum Gasteiger partial charge on any atom is -0.496 e. The molecule has 1 saturated carbocycles. The maximum absolute atomic E-state index is 9.17. The molecule has 0 aromatic heterocycles. The third kappa shape index (κ3) is 1.93. The molecule has 0 amide bonds. The highest BCUT2D eigenvalue weighted by Gasteiger charge is 2.39. The van der Waals surface area contributed by atoms with E-state index < -0.39 is 0 Å². The third-order valence-corrected chi connectivity index (χ3v) is 4.99. The lowest BCUT2D eigenvalue weighted by molar-refractivity contribution is 0.212. The van der Waals surface area contributed by atoms with Gasteiger partial charge in [0, 0.05) is 6.61 Å². The van der Waals surface area contributed by atoms with Crippen LogP contribution in [-0.4, -0.2) is 18.8 Å². The van der Waals surface area contributed by atoms with Gasteiger partial charge in [0.15, 0.2) is 0 Å². The zero-order chi connectivity index (χ0) is 12.5. The molecule has 3 rings (SSSR count). The summed E-state index contributed by atoms with van der Waals surface area (Å²) >= 11 is 0. The van der Waals surface area contributed by atoms with E-state index in [1.54, 1.807) is 7.11 Å². The number of aliphatic hydroxyl groups excluding tert-OH is 1. The lowest BCUT2D eigenvalue weighted by Crippen LogP contribution is -2.25. The van der Waals surface area contributed by atoms with Crippen molar-refractivity contribution in [2.75, 3.05) is 13.7 Å². The Balaban J connectivity index is 1.87. The molecule has 2 nitrogen and oxygen atoms in total. The maximum atomic E-state index is 9.17. The molecule has 2 aliphatic rings. The molecule has 0 aliphatic heterocycles. The Kier molecular flexibility index (Phi) is 3.29. The molecule has 1 fully saturated rings. The van der Waals surface area contributed by atoms with Crippen molar-refractivity contribution in [3.63, 3.8) is 0 Å². The monoisotopic (exact) mass is 246 g/mol. The van der Waals surface area contributed by atoms with Gasteiger partial charge in [-0.2, -0.15) is 0 Å². The Hall–Kier alpha value is -1.02. The van der Waals surface area contributed by atoms with Gasteiger partial charge in [0.2, 0.25) is 0 Å². The van der Waals surface area contributed by atoms with Gasteiger partial charge in [-0.3, -0.25) is 0 Å². The Bertz CT molecular complexity index is 427. The van der Waals surface area contributed by atoms with E-state index in [0.29, 0.717) is 6.61 Å². The second-order valence-electron chi connectivity index (χ2n) is 5.78. The maximum Gasteiger partial charge on any atom is 0.122 e. The van der Waals surface area contributed by atoms with Crippen LogP contribution >= 0.6 is 0 Å². The summed E-state index contributed by atoms with van der Waals surface area (Å²) in [5.41, 5.74) is 2.91. The van der Waals surface area contributed by atoms with Crippen molar-refractivity contribution in [2.24, 2.45) is 17.8 Å². The average molecular weight is 246 g/mol. The second kappa shape index (κ2) is 4.93. The Morgan fingerprint density at radius 2 is 2.17 bits per heavy atom. The zero-order valence-electron chi connectivity index (χ0n) is 11.1. The van der Waals surface area contributed by atoms with Crippen molar-refractivity contribution < 1.29 is 9.84 Å². The Morgan fingerprint density at radius 1 is 1.28 bits per heavy atom. The predicted molar refractivity (Wildman–Crippen MR) is 71.8 cm³/mol. The normalized spacial score (nSPS) is 29.8. The highest BCUT2D eigenvalue weighted by atomic mass is 16.5. The van der Waals surface area contributed by atoms with E-state index in [1.807, 2.05) is 0 Å². The lowest BCUT2D eigenvalue weighted by atomic mass is 9.74. The summed E-state index contributed by atoms with van der Waals surface area (Å²) in [6.45, 7) is 0.346. The van der Waals surface area contributed by atoms with Crippen molar-refractivity contribution in [1.29, 1.82) is 0 Å². The van der Waals surface area contributed by atoms with Crippen LogP contribution in [0.3, 0.4) is 0 Å². The van der Waals surface area contributed by atoms with Crippen molar-refractivity contribution in [1.82, 2.24) is 0 Å². The molecule has 0 bridgehead atoms. The largest absolute Gasteiger partial charge is 0.496 e. The fraction of sp³-hybridized carbons (Fsp3) is 0.625. The fourth-order valence-electron chi connectivity index (χ4n) is 4.09. The first-order valence-electron chi connectivity index (χ1n) is 7.09. The van der Waals surface area contributed by atoms with Crippen molar-refractivity contribution in [3.8, 4) is 5.75 Å². The van der Waals surface area contributed by atoms with E-state index in [0.717, 1.165) is 29.9 Å². The minimum absolute atomic E-state index is 0.346. The average Bonchev–Trinajstić information content (AvgIpc) is 2.79. The van der Waals surface area contributed by atoms with Crippen LogP contribution in [0.2, 0.25) is 0 Å². The van der Waals surface area contributed by atoms with E-state index in [4.69, 9.17) is 4.74 Å². The minimum atomic E-state index is 0.346. The fourth-order valence-corrected chi connectivity index (χ4v) is 4.09. The second-order valence-corrected chi connectivity index (χ2v) is 5.78. The molecule has 0 radical (unpaired) electrons. The van der Waals surface area contributed by atoms with Crippen molar-refractivity contribution in [3.05, 3.63) is 29.3 Å². The van der Waals surface area contributed by atoms with Gasteiger partial charge in [0.05, 0.1) is 7.11 Å². The van der Waals surface area contributed by atoms with E-state index in [9.17, 15) is 5.11 Å². The summed E-state index contributed by atoms with van der Waals surface area (Å²) in [6, 6.07) is 6.44. The predicted octanol–water partition coefficient (Wildman–Crippen LogP) is 2.82. The van der Waals surface area contributed by atoms with Crippen molar-refractivity contribution in [2.45, 2.75) is 32.1 Å². The highest BCUT2D eigenvalue weighted by molar-refractivity contribution is 5.42. The van der Waals surface area contributed by atoms with Crippen LogP contribution in [0.1, 0.15) is 30.4 Å². The number of benzene rings is 1. The first kappa shape index (κ1) is 12.0. The number of aliphatic hydroxyl groups is 1. The van der Waals surface area contributed by atoms with E-state index >= 15 is 0 Å². The van der Waals surface area contributed by atoms with Crippen LogP contribution in [-0.2, 0) is 12.8 Å². The van der Waals surface area contributed by atoms with E-state index in [2.05, 4.69) is 18.2 Å². The molecular formula is C16H22O2. The van der Waals surface area contributed by atoms with Gasteiger partial charge in [-0.25, -0.2) is 0 Å². The third-order valence-electron chi connectivity index (χ3n) is 4.99.